The van der Waals surface area contributed by atoms with Crippen molar-refractivity contribution in [3.8, 4) is 0 Å². The maximum absolute atomic E-state index is 10.2. The van der Waals surface area contributed by atoms with Crippen LogP contribution in [0.5, 0.6) is 0 Å². The number of rotatable bonds is 3. The molecule has 0 atom stereocenters. The summed E-state index contributed by atoms with van der Waals surface area (Å²) in [5.41, 5.74) is 1.83. The molecule has 0 radical (unpaired) electrons. The van der Waals surface area contributed by atoms with E-state index in [-0.39, 0.29) is 0 Å². The zero-order chi connectivity index (χ0) is 11.2. The SMILES string of the molecule is O=C=Nc1cccc(CN2CCOCC2)c1. The molecule has 84 valence electrons. The van der Waals surface area contributed by atoms with Crippen molar-refractivity contribution < 1.29 is 9.53 Å². The maximum Gasteiger partial charge on any atom is 0.240 e. The van der Waals surface area contributed by atoms with E-state index in [1.807, 2.05) is 18.2 Å². The lowest BCUT2D eigenvalue weighted by Gasteiger charge is -2.26. The van der Waals surface area contributed by atoms with E-state index in [0.29, 0.717) is 5.69 Å². The van der Waals surface area contributed by atoms with Crippen LogP contribution in [0.25, 0.3) is 0 Å². The Kier molecular flexibility index (Phi) is 3.83. The molecule has 0 saturated carbocycles. The Morgan fingerprint density at radius 2 is 2.19 bits per heavy atom. The van der Waals surface area contributed by atoms with Crippen LogP contribution in [-0.2, 0) is 16.1 Å². The van der Waals surface area contributed by atoms with Crippen molar-refractivity contribution >= 4 is 11.8 Å². The molecule has 1 aromatic carbocycles. The Morgan fingerprint density at radius 3 is 2.94 bits per heavy atom. The molecule has 16 heavy (non-hydrogen) atoms. The summed E-state index contributed by atoms with van der Waals surface area (Å²) in [4.78, 5) is 16.1. The van der Waals surface area contributed by atoms with Crippen LogP contribution in [0.1, 0.15) is 5.56 Å². The lowest BCUT2D eigenvalue weighted by Crippen LogP contribution is -2.35. The van der Waals surface area contributed by atoms with Crippen molar-refractivity contribution in [1.82, 2.24) is 4.90 Å². The third-order valence-electron chi connectivity index (χ3n) is 2.60. The van der Waals surface area contributed by atoms with E-state index in [1.54, 1.807) is 12.1 Å². The van der Waals surface area contributed by atoms with Gasteiger partial charge in [-0.05, 0) is 17.7 Å². The topological polar surface area (TPSA) is 41.9 Å². The predicted octanol–water partition coefficient (Wildman–Crippen LogP) is 1.49. The monoisotopic (exact) mass is 218 g/mol. The smallest absolute Gasteiger partial charge is 0.240 e. The molecule has 0 unspecified atom stereocenters. The van der Waals surface area contributed by atoms with E-state index in [2.05, 4.69) is 9.89 Å². The lowest BCUT2D eigenvalue weighted by molar-refractivity contribution is 0.0342. The van der Waals surface area contributed by atoms with Gasteiger partial charge in [-0.25, -0.2) is 4.79 Å². The molecule has 1 heterocycles. The number of morpholine rings is 1. The highest BCUT2D eigenvalue weighted by Crippen LogP contribution is 2.15. The zero-order valence-electron chi connectivity index (χ0n) is 9.06. The first-order chi connectivity index (χ1) is 7.88. The standard InChI is InChI=1S/C12H14N2O2/c15-10-13-12-3-1-2-11(8-12)9-14-4-6-16-7-5-14/h1-3,8H,4-7,9H2. The minimum atomic E-state index is 0.667. The molecule has 0 bridgehead atoms. The van der Waals surface area contributed by atoms with Gasteiger partial charge < -0.3 is 4.74 Å². The number of hydrogen-bond acceptors (Lipinski definition) is 4. The molecule has 1 fully saturated rings. The Balaban J connectivity index is 2.02. The highest BCUT2D eigenvalue weighted by Gasteiger charge is 2.10. The number of hydrogen-bond donors (Lipinski definition) is 0. The molecule has 0 aromatic heterocycles. The molecule has 1 saturated heterocycles. The number of ether oxygens (including phenoxy) is 1. The van der Waals surface area contributed by atoms with Gasteiger partial charge in [-0.1, -0.05) is 12.1 Å². The second-order valence-electron chi connectivity index (χ2n) is 3.76. The van der Waals surface area contributed by atoms with E-state index in [4.69, 9.17) is 4.74 Å². The fourth-order valence-corrected chi connectivity index (χ4v) is 1.79. The van der Waals surface area contributed by atoms with Crippen LogP contribution in [-0.4, -0.2) is 37.3 Å². The van der Waals surface area contributed by atoms with Crippen LogP contribution in [0.4, 0.5) is 5.69 Å². The molecule has 0 N–H and O–H groups in total. The van der Waals surface area contributed by atoms with Crippen molar-refractivity contribution in [1.29, 1.82) is 0 Å². The summed E-state index contributed by atoms with van der Waals surface area (Å²) in [7, 11) is 0. The summed E-state index contributed by atoms with van der Waals surface area (Å²) >= 11 is 0. The maximum atomic E-state index is 10.2. The number of carbonyl (C=O) groups excluding carboxylic acids is 1. The average molecular weight is 218 g/mol. The highest BCUT2D eigenvalue weighted by atomic mass is 16.5. The molecule has 1 aliphatic heterocycles. The molecule has 0 spiro atoms. The van der Waals surface area contributed by atoms with Gasteiger partial charge in [-0.3, -0.25) is 4.90 Å². The Hall–Kier alpha value is -1.48. The summed E-state index contributed by atoms with van der Waals surface area (Å²) in [5, 5.41) is 0. The highest BCUT2D eigenvalue weighted by molar-refractivity contribution is 5.49. The lowest BCUT2D eigenvalue weighted by atomic mass is 10.2. The average Bonchev–Trinajstić information content (AvgIpc) is 2.31. The Bertz CT molecular complexity index is 394. The number of aliphatic imine (C=N–C) groups is 1. The van der Waals surface area contributed by atoms with Crippen molar-refractivity contribution in [3.05, 3.63) is 29.8 Å². The normalized spacial score (nSPS) is 16.8. The van der Waals surface area contributed by atoms with E-state index in [0.717, 1.165) is 32.8 Å². The molecule has 1 aliphatic rings. The van der Waals surface area contributed by atoms with Gasteiger partial charge in [0.15, 0.2) is 0 Å². The van der Waals surface area contributed by atoms with Crippen molar-refractivity contribution in [2.24, 2.45) is 4.99 Å². The van der Waals surface area contributed by atoms with E-state index >= 15 is 0 Å². The van der Waals surface area contributed by atoms with Gasteiger partial charge in [0.2, 0.25) is 6.08 Å². The summed E-state index contributed by atoms with van der Waals surface area (Å²) in [6, 6.07) is 7.67. The van der Waals surface area contributed by atoms with Crippen LogP contribution in [0.15, 0.2) is 29.3 Å². The van der Waals surface area contributed by atoms with Gasteiger partial charge in [-0.15, -0.1) is 0 Å². The molecule has 4 nitrogen and oxygen atoms in total. The number of benzene rings is 1. The molecule has 0 aliphatic carbocycles. The van der Waals surface area contributed by atoms with Crippen molar-refractivity contribution in [2.45, 2.75) is 6.54 Å². The first-order valence-electron chi connectivity index (χ1n) is 5.35. The first-order valence-corrected chi connectivity index (χ1v) is 5.35. The third-order valence-corrected chi connectivity index (χ3v) is 2.60. The van der Waals surface area contributed by atoms with Gasteiger partial charge in [0.25, 0.3) is 0 Å². The molecular weight excluding hydrogens is 204 g/mol. The summed E-state index contributed by atoms with van der Waals surface area (Å²) in [6.45, 7) is 4.40. The molecule has 1 aromatic rings. The fourth-order valence-electron chi connectivity index (χ4n) is 1.79. The Morgan fingerprint density at radius 1 is 1.38 bits per heavy atom. The van der Waals surface area contributed by atoms with Gasteiger partial charge in [-0.2, -0.15) is 4.99 Å². The van der Waals surface area contributed by atoms with Crippen molar-refractivity contribution in [3.63, 3.8) is 0 Å². The third kappa shape index (κ3) is 3.00. The number of nitrogens with zero attached hydrogens (tertiary/aromatic N) is 2. The summed E-state index contributed by atoms with van der Waals surface area (Å²) in [5.74, 6) is 0. The summed E-state index contributed by atoms with van der Waals surface area (Å²) in [6.07, 6.45) is 1.56. The van der Waals surface area contributed by atoms with Crippen molar-refractivity contribution in [2.75, 3.05) is 26.3 Å². The summed E-state index contributed by atoms with van der Waals surface area (Å²) < 4.78 is 5.29. The van der Waals surface area contributed by atoms with Crippen LogP contribution < -0.4 is 0 Å². The van der Waals surface area contributed by atoms with Crippen LogP contribution in [0, 0.1) is 0 Å². The first kappa shape index (κ1) is 11.0. The molecular formula is C12H14N2O2. The largest absolute Gasteiger partial charge is 0.379 e. The minimum absolute atomic E-state index is 0.667. The second-order valence-corrected chi connectivity index (χ2v) is 3.76. The molecule has 4 heteroatoms. The van der Waals surface area contributed by atoms with E-state index in [1.165, 1.54) is 5.56 Å². The Labute approximate surface area is 94.5 Å². The van der Waals surface area contributed by atoms with Gasteiger partial charge in [0, 0.05) is 19.6 Å². The quantitative estimate of drug-likeness (QED) is 0.570. The second kappa shape index (κ2) is 5.56. The van der Waals surface area contributed by atoms with Crippen LogP contribution in [0.3, 0.4) is 0 Å². The molecule has 2 rings (SSSR count). The molecule has 0 amide bonds. The predicted molar refractivity (Wildman–Crippen MR) is 60.3 cm³/mol. The van der Waals surface area contributed by atoms with Crippen LogP contribution >= 0.6 is 0 Å². The van der Waals surface area contributed by atoms with Gasteiger partial charge in [0.05, 0.1) is 18.9 Å². The fraction of sp³-hybridized carbons (Fsp3) is 0.417. The number of isocyanates is 1. The zero-order valence-corrected chi connectivity index (χ0v) is 9.06. The van der Waals surface area contributed by atoms with E-state index < -0.39 is 0 Å². The van der Waals surface area contributed by atoms with Crippen LogP contribution in [0.2, 0.25) is 0 Å². The van der Waals surface area contributed by atoms with E-state index in [9.17, 15) is 4.79 Å². The van der Waals surface area contributed by atoms with Gasteiger partial charge >= 0.3 is 0 Å². The van der Waals surface area contributed by atoms with Gasteiger partial charge in [0.1, 0.15) is 0 Å². The minimum Gasteiger partial charge on any atom is -0.379 e.